The van der Waals surface area contributed by atoms with Crippen LogP contribution in [0.4, 0.5) is 11.5 Å². The van der Waals surface area contributed by atoms with E-state index in [0.717, 1.165) is 24.9 Å². The van der Waals surface area contributed by atoms with Gasteiger partial charge in [0.05, 0.1) is 0 Å². The zero-order chi connectivity index (χ0) is 19.1. The SMILES string of the molecule is CC(=O)c1ccc(Nc2cc(C(=O)NCCC3=CCCCC3)ncn2)cc1. The van der Waals surface area contributed by atoms with Crippen molar-refractivity contribution in [1.29, 1.82) is 0 Å². The van der Waals surface area contributed by atoms with Crippen molar-refractivity contribution < 1.29 is 9.59 Å². The first-order chi connectivity index (χ1) is 13.1. The van der Waals surface area contributed by atoms with Crippen molar-refractivity contribution in [2.45, 2.75) is 39.0 Å². The molecular weight excluding hydrogens is 340 g/mol. The highest BCUT2D eigenvalue weighted by Gasteiger charge is 2.10. The molecule has 0 atom stereocenters. The van der Waals surface area contributed by atoms with Crippen LogP contribution < -0.4 is 10.6 Å². The van der Waals surface area contributed by atoms with Gasteiger partial charge in [-0.05, 0) is 63.3 Å². The topological polar surface area (TPSA) is 84.0 Å². The van der Waals surface area contributed by atoms with E-state index in [1.54, 1.807) is 30.3 Å². The minimum Gasteiger partial charge on any atom is -0.350 e. The number of nitrogens with one attached hydrogen (secondary N) is 2. The zero-order valence-corrected chi connectivity index (χ0v) is 15.5. The molecule has 2 N–H and O–H groups in total. The van der Waals surface area contributed by atoms with E-state index in [0.29, 0.717) is 23.6 Å². The Hall–Kier alpha value is -3.02. The van der Waals surface area contributed by atoms with Gasteiger partial charge in [0.1, 0.15) is 17.8 Å². The standard InChI is InChI=1S/C21H24N4O2/c1-15(26)17-7-9-18(10-8-17)25-20-13-19(23-14-24-20)21(27)22-12-11-16-5-3-2-4-6-16/h5,7-10,13-14H,2-4,6,11-12H2,1H3,(H,22,27)(H,23,24,25). The molecule has 0 radical (unpaired) electrons. The number of nitrogens with zero attached hydrogens (tertiary/aromatic N) is 2. The first-order valence-electron chi connectivity index (χ1n) is 9.28. The molecule has 1 heterocycles. The van der Waals surface area contributed by atoms with Gasteiger partial charge in [-0.2, -0.15) is 0 Å². The van der Waals surface area contributed by atoms with Crippen LogP contribution in [0.25, 0.3) is 0 Å². The number of Topliss-reactive ketones (excluding diaryl/α,β-unsaturated/α-hetero) is 1. The summed E-state index contributed by atoms with van der Waals surface area (Å²) in [6, 6.07) is 8.72. The Bertz CT molecular complexity index is 844. The molecule has 0 fully saturated rings. The Morgan fingerprint density at radius 2 is 1.93 bits per heavy atom. The van der Waals surface area contributed by atoms with Crippen molar-refractivity contribution in [2.24, 2.45) is 0 Å². The quantitative estimate of drug-likeness (QED) is 0.572. The van der Waals surface area contributed by atoms with E-state index in [1.807, 2.05) is 0 Å². The summed E-state index contributed by atoms with van der Waals surface area (Å²) < 4.78 is 0. The summed E-state index contributed by atoms with van der Waals surface area (Å²) in [6.07, 6.45) is 9.35. The number of aromatic nitrogens is 2. The van der Waals surface area contributed by atoms with Crippen LogP contribution in [0.2, 0.25) is 0 Å². The van der Waals surface area contributed by atoms with Crippen molar-refractivity contribution in [3.8, 4) is 0 Å². The molecule has 0 aliphatic heterocycles. The molecule has 0 saturated heterocycles. The third-order valence-electron chi connectivity index (χ3n) is 4.58. The van der Waals surface area contributed by atoms with Gasteiger partial charge in [-0.25, -0.2) is 9.97 Å². The normalized spacial score (nSPS) is 13.6. The van der Waals surface area contributed by atoms with Crippen LogP contribution in [0.1, 0.15) is 59.9 Å². The van der Waals surface area contributed by atoms with E-state index < -0.39 is 0 Å². The maximum Gasteiger partial charge on any atom is 0.270 e. The lowest BCUT2D eigenvalue weighted by Crippen LogP contribution is -2.26. The van der Waals surface area contributed by atoms with Crippen molar-refractivity contribution in [1.82, 2.24) is 15.3 Å². The van der Waals surface area contributed by atoms with Crippen LogP contribution in [0.3, 0.4) is 0 Å². The van der Waals surface area contributed by atoms with E-state index in [1.165, 1.54) is 31.7 Å². The molecule has 0 spiro atoms. The second-order valence-corrected chi connectivity index (χ2v) is 6.66. The Balaban J connectivity index is 1.56. The zero-order valence-electron chi connectivity index (χ0n) is 15.5. The molecule has 0 unspecified atom stereocenters. The molecule has 2 aromatic rings. The smallest absolute Gasteiger partial charge is 0.270 e. The number of benzene rings is 1. The highest BCUT2D eigenvalue weighted by atomic mass is 16.1. The van der Waals surface area contributed by atoms with Crippen molar-refractivity contribution in [3.63, 3.8) is 0 Å². The maximum atomic E-state index is 12.3. The van der Waals surface area contributed by atoms with Crippen LogP contribution in [-0.2, 0) is 0 Å². The Morgan fingerprint density at radius 3 is 2.63 bits per heavy atom. The van der Waals surface area contributed by atoms with Gasteiger partial charge in [0.15, 0.2) is 5.78 Å². The van der Waals surface area contributed by atoms with Gasteiger partial charge in [0, 0.05) is 23.9 Å². The largest absolute Gasteiger partial charge is 0.350 e. The fourth-order valence-corrected chi connectivity index (χ4v) is 3.04. The number of carbonyl (C=O) groups excluding carboxylic acids is 2. The van der Waals surface area contributed by atoms with E-state index >= 15 is 0 Å². The Labute approximate surface area is 159 Å². The van der Waals surface area contributed by atoms with Crippen molar-refractivity contribution in [2.75, 3.05) is 11.9 Å². The average Bonchev–Trinajstić information content (AvgIpc) is 2.69. The monoisotopic (exact) mass is 364 g/mol. The summed E-state index contributed by atoms with van der Waals surface area (Å²) in [5, 5.41) is 6.04. The van der Waals surface area contributed by atoms with Gasteiger partial charge in [-0.3, -0.25) is 9.59 Å². The molecule has 6 nitrogen and oxygen atoms in total. The number of carbonyl (C=O) groups is 2. The second kappa shape index (κ2) is 9.07. The summed E-state index contributed by atoms with van der Waals surface area (Å²) in [5.41, 5.74) is 3.19. The molecule has 1 aliphatic carbocycles. The van der Waals surface area contributed by atoms with Crippen LogP contribution in [-0.4, -0.2) is 28.2 Å². The molecule has 1 aliphatic rings. The summed E-state index contributed by atoms with van der Waals surface area (Å²) in [4.78, 5) is 31.9. The average molecular weight is 364 g/mol. The highest BCUT2D eigenvalue weighted by Crippen LogP contribution is 2.19. The Morgan fingerprint density at radius 1 is 1.11 bits per heavy atom. The minimum absolute atomic E-state index is 0.0199. The molecular formula is C21H24N4O2. The van der Waals surface area contributed by atoms with Gasteiger partial charge in [0.25, 0.3) is 5.91 Å². The number of rotatable bonds is 7. The number of hydrogen-bond acceptors (Lipinski definition) is 5. The highest BCUT2D eigenvalue weighted by molar-refractivity contribution is 5.94. The van der Waals surface area contributed by atoms with Gasteiger partial charge in [0.2, 0.25) is 0 Å². The molecule has 140 valence electrons. The summed E-state index contributed by atoms with van der Waals surface area (Å²) in [6.45, 7) is 2.15. The van der Waals surface area contributed by atoms with E-state index in [4.69, 9.17) is 0 Å². The fraction of sp³-hybridized carbons (Fsp3) is 0.333. The molecule has 27 heavy (non-hydrogen) atoms. The van der Waals surface area contributed by atoms with Crippen LogP contribution in [0, 0.1) is 0 Å². The fourth-order valence-electron chi connectivity index (χ4n) is 3.04. The van der Waals surface area contributed by atoms with E-state index in [2.05, 4.69) is 26.7 Å². The van der Waals surface area contributed by atoms with Gasteiger partial charge in [-0.15, -0.1) is 0 Å². The number of ketones is 1. The summed E-state index contributed by atoms with van der Waals surface area (Å²) >= 11 is 0. The van der Waals surface area contributed by atoms with Crippen LogP contribution in [0.15, 0.2) is 48.3 Å². The number of allylic oxidation sites excluding steroid dienone is 1. The molecule has 1 amide bonds. The lowest BCUT2D eigenvalue weighted by molar-refractivity contribution is 0.0948. The molecule has 0 bridgehead atoms. The predicted octanol–water partition coefficient (Wildman–Crippen LogP) is 4.04. The molecule has 1 aromatic heterocycles. The van der Waals surface area contributed by atoms with Crippen molar-refractivity contribution in [3.05, 3.63) is 59.6 Å². The van der Waals surface area contributed by atoms with E-state index in [-0.39, 0.29) is 11.7 Å². The molecule has 3 rings (SSSR count). The van der Waals surface area contributed by atoms with Crippen LogP contribution >= 0.6 is 0 Å². The lowest BCUT2D eigenvalue weighted by atomic mass is 9.97. The third kappa shape index (κ3) is 5.48. The maximum absolute atomic E-state index is 12.3. The minimum atomic E-state index is -0.205. The van der Waals surface area contributed by atoms with E-state index in [9.17, 15) is 9.59 Å². The number of hydrogen-bond donors (Lipinski definition) is 2. The number of anilines is 2. The molecule has 0 saturated carbocycles. The Kier molecular flexibility index (Phi) is 6.30. The first kappa shape index (κ1) is 18.8. The first-order valence-corrected chi connectivity index (χ1v) is 9.28. The van der Waals surface area contributed by atoms with Crippen molar-refractivity contribution >= 4 is 23.2 Å². The summed E-state index contributed by atoms with van der Waals surface area (Å²) in [7, 11) is 0. The predicted molar refractivity (Wildman–Crippen MR) is 105 cm³/mol. The molecule has 6 heteroatoms. The molecule has 1 aromatic carbocycles. The number of amides is 1. The second-order valence-electron chi connectivity index (χ2n) is 6.66. The van der Waals surface area contributed by atoms with Gasteiger partial charge < -0.3 is 10.6 Å². The lowest BCUT2D eigenvalue weighted by Gasteiger charge is -2.13. The van der Waals surface area contributed by atoms with Crippen LogP contribution in [0.5, 0.6) is 0 Å². The van der Waals surface area contributed by atoms with Gasteiger partial charge >= 0.3 is 0 Å². The van der Waals surface area contributed by atoms with Gasteiger partial charge in [-0.1, -0.05) is 11.6 Å². The summed E-state index contributed by atoms with van der Waals surface area (Å²) in [5.74, 6) is 0.344. The third-order valence-corrected chi connectivity index (χ3v) is 4.58.